The molecule has 3 aromatic carbocycles. The summed E-state index contributed by atoms with van der Waals surface area (Å²) >= 11 is 7.68. The number of nitrogens with zero attached hydrogens (tertiary/aromatic N) is 5. The number of thioether (sulfide) groups is 1. The maximum absolute atomic E-state index is 11.5. The highest BCUT2D eigenvalue weighted by molar-refractivity contribution is 7.99. The highest BCUT2D eigenvalue weighted by atomic mass is 35.5. The number of benzene rings is 3. The Balaban J connectivity index is 1.53. The van der Waals surface area contributed by atoms with Gasteiger partial charge in [0.2, 0.25) is 6.54 Å². The third kappa shape index (κ3) is 5.99. The summed E-state index contributed by atoms with van der Waals surface area (Å²) in [5, 5.41) is 30.9. The molecule has 4 aromatic rings. The first-order valence-electron chi connectivity index (χ1n) is 10.7. The van der Waals surface area contributed by atoms with Crippen LogP contribution in [0.15, 0.2) is 78.0 Å². The van der Waals surface area contributed by atoms with Gasteiger partial charge in [0, 0.05) is 22.7 Å². The van der Waals surface area contributed by atoms with Crippen molar-refractivity contribution in [2.75, 3.05) is 6.54 Å². The van der Waals surface area contributed by atoms with Crippen LogP contribution in [0.4, 0.5) is 5.69 Å². The SMILES string of the molecule is Cc1nnc(S[C@H](C[N+](=O)[O-])c2ccc(OCc3ccc([N+](=O)[O-])cc3)c(Cl)c2)n1-c1ccccc1. The minimum Gasteiger partial charge on any atom is -0.487 e. The number of halogens is 1. The van der Waals surface area contributed by atoms with E-state index in [2.05, 4.69) is 10.2 Å². The molecule has 10 nitrogen and oxygen atoms in total. The van der Waals surface area contributed by atoms with Crippen molar-refractivity contribution >= 4 is 29.1 Å². The molecule has 0 aliphatic rings. The molecule has 0 N–H and O–H groups in total. The molecule has 12 heteroatoms. The van der Waals surface area contributed by atoms with Gasteiger partial charge in [0.1, 0.15) is 23.4 Å². The summed E-state index contributed by atoms with van der Waals surface area (Å²) in [5.74, 6) is 1.06. The average molecular weight is 526 g/mol. The van der Waals surface area contributed by atoms with Crippen molar-refractivity contribution in [3.8, 4) is 11.4 Å². The third-order valence-corrected chi connectivity index (χ3v) is 6.72. The highest BCUT2D eigenvalue weighted by Crippen LogP contribution is 2.38. The molecular formula is C24H20ClN5O5S. The second-order valence-electron chi connectivity index (χ2n) is 7.72. The molecule has 36 heavy (non-hydrogen) atoms. The monoisotopic (exact) mass is 525 g/mol. The Hall–Kier alpha value is -3.96. The summed E-state index contributed by atoms with van der Waals surface area (Å²) in [7, 11) is 0. The molecule has 1 aromatic heterocycles. The summed E-state index contributed by atoms with van der Waals surface area (Å²) < 4.78 is 7.62. The molecular weight excluding hydrogens is 506 g/mol. The van der Waals surface area contributed by atoms with Crippen molar-refractivity contribution in [1.82, 2.24) is 14.8 Å². The van der Waals surface area contributed by atoms with Gasteiger partial charge in [-0.15, -0.1) is 10.2 Å². The lowest BCUT2D eigenvalue weighted by molar-refractivity contribution is -0.479. The molecule has 0 bridgehead atoms. The summed E-state index contributed by atoms with van der Waals surface area (Å²) in [6.45, 7) is 1.63. The second-order valence-corrected chi connectivity index (χ2v) is 9.30. The minimum absolute atomic E-state index is 0.00578. The molecule has 0 spiro atoms. The lowest BCUT2D eigenvalue weighted by atomic mass is 10.1. The predicted molar refractivity (Wildman–Crippen MR) is 135 cm³/mol. The number of nitro benzene ring substituents is 1. The second kappa shape index (κ2) is 11.2. The van der Waals surface area contributed by atoms with Gasteiger partial charge in [0.25, 0.3) is 5.69 Å². The van der Waals surface area contributed by atoms with E-state index in [1.807, 2.05) is 41.8 Å². The van der Waals surface area contributed by atoms with Crippen LogP contribution in [0.5, 0.6) is 5.75 Å². The van der Waals surface area contributed by atoms with Gasteiger partial charge in [-0.05, 0) is 54.4 Å². The highest BCUT2D eigenvalue weighted by Gasteiger charge is 2.24. The van der Waals surface area contributed by atoms with Gasteiger partial charge in [-0.3, -0.25) is 24.8 Å². The summed E-state index contributed by atoms with van der Waals surface area (Å²) in [6, 6.07) is 20.6. The molecule has 0 fully saturated rings. The van der Waals surface area contributed by atoms with Crippen LogP contribution in [-0.2, 0) is 6.61 Å². The molecule has 0 saturated carbocycles. The summed E-state index contributed by atoms with van der Waals surface area (Å²) in [4.78, 5) is 21.4. The average Bonchev–Trinajstić information content (AvgIpc) is 3.23. The van der Waals surface area contributed by atoms with E-state index in [1.54, 1.807) is 30.3 Å². The van der Waals surface area contributed by atoms with Crippen molar-refractivity contribution in [3.05, 3.63) is 115 Å². The van der Waals surface area contributed by atoms with E-state index in [0.29, 0.717) is 27.3 Å². The van der Waals surface area contributed by atoms with E-state index in [4.69, 9.17) is 16.3 Å². The molecule has 4 rings (SSSR count). The van der Waals surface area contributed by atoms with Gasteiger partial charge in [0.05, 0.1) is 9.95 Å². The lowest BCUT2D eigenvalue weighted by Gasteiger charge is -2.16. The first-order chi connectivity index (χ1) is 17.3. The van der Waals surface area contributed by atoms with Gasteiger partial charge in [-0.25, -0.2) is 0 Å². The zero-order chi connectivity index (χ0) is 25.7. The van der Waals surface area contributed by atoms with Crippen molar-refractivity contribution in [1.29, 1.82) is 0 Å². The number of non-ortho nitro benzene ring substituents is 1. The van der Waals surface area contributed by atoms with E-state index >= 15 is 0 Å². The quantitative estimate of drug-likeness (QED) is 0.144. The Bertz CT molecular complexity index is 1380. The van der Waals surface area contributed by atoms with E-state index in [9.17, 15) is 20.2 Å². The number of ether oxygens (including phenoxy) is 1. The Kier molecular flexibility index (Phi) is 7.81. The van der Waals surface area contributed by atoms with Gasteiger partial charge in [-0.2, -0.15) is 0 Å². The molecule has 0 amide bonds. The maximum atomic E-state index is 11.5. The van der Waals surface area contributed by atoms with Crippen molar-refractivity contribution < 1.29 is 14.6 Å². The molecule has 0 radical (unpaired) electrons. The fourth-order valence-corrected chi connectivity index (χ4v) is 4.88. The first-order valence-corrected chi connectivity index (χ1v) is 12.0. The smallest absolute Gasteiger partial charge is 0.269 e. The standard InChI is InChI=1S/C24H20ClN5O5S/c1-16-26-27-24(29(16)19-5-3-2-4-6-19)36-23(14-28(31)32)18-9-12-22(21(25)13-18)35-15-17-7-10-20(11-8-17)30(33)34/h2-13,23H,14-15H2,1H3/t23-/m1/s1. The number of rotatable bonds is 10. The van der Waals surface area contributed by atoms with Gasteiger partial charge >= 0.3 is 0 Å². The fraction of sp³-hybridized carbons (Fsp3) is 0.167. The van der Waals surface area contributed by atoms with Crippen LogP contribution in [0.2, 0.25) is 5.02 Å². The van der Waals surface area contributed by atoms with Crippen LogP contribution in [0.25, 0.3) is 5.69 Å². The van der Waals surface area contributed by atoms with Crippen molar-refractivity contribution in [3.63, 3.8) is 0 Å². The molecule has 184 valence electrons. The molecule has 0 aliphatic heterocycles. The number of aromatic nitrogens is 3. The Morgan fingerprint density at radius 3 is 2.39 bits per heavy atom. The van der Waals surface area contributed by atoms with Crippen LogP contribution in [-0.4, -0.2) is 31.2 Å². The minimum atomic E-state index is -0.577. The Morgan fingerprint density at radius 2 is 1.75 bits per heavy atom. The molecule has 1 heterocycles. The zero-order valence-corrected chi connectivity index (χ0v) is 20.6. The summed E-state index contributed by atoms with van der Waals surface area (Å²) in [6.07, 6.45) is 0. The topological polar surface area (TPSA) is 126 Å². The summed E-state index contributed by atoms with van der Waals surface area (Å²) in [5.41, 5.74) is 2.23. The number of aryl methyl sites for hydroxylation is 1. The number of para-hydroxylation sites is 1. The Morgan fingerprint density at radius 1 is 1.03 bits per heavy atom. The lowest BCUT2D eigenvalue weighted by Crippen LogP contribution is -2.11. The van der Waals surface area contributed by atoms with Crippen LogP contribution < -0.4 is 4.74 Å². The van der Waals surface area contributed by atoms with Gasteiger partial charge in [0.15, 0.2) is 5.16 Å². The number of hydrogen-bond acceptors (Lipinski definition) is 8. The van der Waals surface area contributed by atoms with Crippen molar-refractivity contribution in [2.24, 2.45) is 0 Å². The zero-order valence-electron chi connectivity index (χ0n) is 19.0. The van der Waals surface area contributed by atoms with E-state index in [1.165, 1.54) is 23.9 Å². The molecule has 1 atom stereocenters. The van der Waals surface area contributed by atoms with Crippen LogP contribution in [0, 0.1) is 27.2 Å². The van der Waals surface area contributed by atoms with Crippen LogP contribution >= 0.6 is 23.4 Å². The largest absolute Gasteiger partial charge is 0.487 e. The van der Waals surface area contributed by atoms with Crippen LogP contribution in [0.3, 0.4) is 0 Å². The molecule has 0 saturated heterocycles. The van der Waals surface area contributed by atoms with Crippen LogP contribution in [0.1, 0.15) is 22.2 Å². The number of hydrogen-bond donors (Lipinski definition) is 0. The third-order valence-electron chi connectivity index (χ3n) is 5.24. The first kappa shape index (κ1) is 25.1. The molecule has 0 unspecified atom stereocenters. The predicted octanol–water partition coefficient (Wildman–Crippen LogP) is 5.83. The van der Waals surface area contributed by atoms with Crippen molar-refractivity contribution in [2.45, 2.75) is 23.9 Å². The van der Waals surface area contributed by atoms with Gasteiger partial charge < -0.3 is 4.74 Å². The molecule has 0 aliphatic carbocycles. The van der Waals surface area contributed by atoms with E-state index < -0.39 is 10.2 Å². The van der Waals surface area contributed by atoms with E-state index in [0.717, 1.165) is 11.3 Å². The number of nitro groups is 2. The Labute approximate surface area is 215 Å². The maximum Gasteiger partial charge on any atom is 0.269 e. The van der Waals surface area contributed by atoms with Gasteiger partial charge in [-0.1, -0.05) is 47.6 Å². The van der Waals surface area contributed by atoms with E-state index in [-0.39, 0.29) is 23.8 Å². The fourth-order valence-electron chi connectivity index (χ4n) is 3.48. The normalized spacial score (nSPS) is 11.7.